The normalized spacial score (nSPS) is 21.1. The molecule has 4 aromatic rings. The Labute approximate surface area is 317 Å². The minimum atomic E-state index is -0.274. The molecule has 4 heterocycles. The minimum absolute atomic E-state index is 0.0681. The van der Waals surface area contributed by atoms with E-state index in [1.165, 1.54) is 31.8 Å². The van der Waals surface area contributed by atoms with E-state index in [-0.39, 0.29) is 11.9 Å². The summed E-state index contributed by atoms with van der Waals surface area (Å²) in [6.45, 7) is 11.9. The van der Waals surface area contributed by atoms with Crippen LogP contribution >= 0.6 is 0 Å². The van der Waals surface area contributed by atoms with Crippen molar-refractivity contribution < 1.29 is 19.1 Å². The SMILES string of the molecule is C=CC(=O)Nc1cc(Nc2cc(N3OCCC3c3cccc(Oc4ccccc4)c3)ncn2)c(OC)cc1N1CCC(N2CCN(C3CC3)C(C)C2)CC1. The van der Waals surface area contributed by atoms with Gasteiger partial charge in [0.05, 0.1) is 36.8 Å². The molecule has 0 radical (unpaired) electrons. The molecule has 4 aliphatic rings. The number of para-hydroxylation sites is 1. The zero-order chi connectivity index (χ0) is 37.0. The molecule has 0 bridgehead atoms. The van der Waals surface area contributed by atoms with E-state index in [4.69, 9.17) is 14.3 Å². The molecule has 2 unspecified atom stereocenters. The highest BCUT2D eigenvalue weighted by Crippen LogP contribution is 2.41. The first kappa shape index (κ1) is 35.8. The Hall–Kier alpha value is -5.17. The average molecular weight is 731 g/mol. The Morgan fingerprint density at radius 3 is 2.46 bits per heavy atom. The Kier molecular flexibility index (Phi) is 10.7. The van der Waals surface area contributed by atoms with Gasteiger partial charge in [0.25, 0.3) is 0 Å². The number of nitrogens with one attached hydrogen (secondary N) is 2. The van der Waals surface area contributed by atoms with Crippen LogP contribution < -0.4 is 30.1 Å². The van der Waals surface area contributed by atoms with Crippen molar-refractivity contribution in [2.45, 2.75) is 63.2 Å². The van der Waals surface area contributed by atoms with Crippen molar-refractivity contribution in [2.75, 3.05) is 67.0 Å². The van der Waals surface area contributed by atoms with Crippen LogP contribution in [0.25, 0.3) is 0 Å². The van der Waals surface area contributed by atoms with Crippen LogP contribution in [0.5, 0.6) is 17.2 Å². The fourth-order valence-corrected chi connectivity index (χ4v) is 8.21. The molecule has 12 heteroatoms. The molecule has 4 fully saturated rings. The van der Waals surface area contributed by atoms with Gasteiger partial charge in [-0.05, 0) is 74.6 Å². The largest absolute Gasteiger partial charge is 0.494 e. The number of amides is 1. The molecule has 54 heavy (non-hydrogen) atoms. The van der Waals surface area contributed by atoms with E-state index in [2.05, 4.69) is 54.9 Å². The van der Waals surface area contributed by atoms with E-state index < -0.39 is 0 Å². The molecule has 2 atom stereocenters. The van der Waals surface area contributed by atoms with E-state index in [1.807, 2.05) is 71.8 Å². The van der Waals surface area contributed by atoms with E-state index >= 15 is 0 Å². The van der Waals surface area contributed by atoms with E-state index in [9.17, 15) is 4.79 Å². The molecule has 3 saturated heterocycles. The summed E-state index contributed by atoms with van der Waals surface area (Å²) >= 11 is 0. The standard InChI is InChI=1S/C42H50N8O4/c1-4-42(51)46-35-24-36(39(52-3)25-38(35)47-18-15-31(16-19-47)48-20-21-49(29(2)27-48)32-13-14-32)45-40-26-41(44-28-43-40)50-37(17-22-53-50)30-9-8-12-34(23-30)54-33-10-6-5-7-11-33/h4-12,23-26,28-29,31-32,37H,1,13-22,27H2,2-3H3,(H,46,51)(H,43,44,45). The summed E-state index contributed by atoms with van der Waals surface area (Å²) in [6.07, 6.45) is 8.47. The fraction of sp³-hybridized carbons (Fsp3) is 0.405. The fourth-order valence-electron chi connectivity index (χ4n) is 8.21. The Morgan fingerprint density at radius 2 is 1.70 bits per heavy atom. The number of hydroxylamine groups is 1. The number of carbonyl (C=O) groups excluding carboxylic acids is 1. The van der Waals surface area contributed by atoms with Gasteiger partial charge in [-0.3, -0.25) is 19.4 Å². The van der Waals surface area contributed by atoms with Gasteiger partial charge < -0.3 is 25.0 Å². The number of anilines is 5. The molecule has 1 aliphatic carbocycles. The van der Waals surface area contributed by atoms with Crippen LogP contribution in [0.4, 0.5) is 28.7 Å². The topological polar surface area (TPSA) is 108 Å². The second kappa shape index (κ2) is 16.1. The minimum Gasteiger partial charge on any atom is -0.494 e. The van der Waals surface area contributed by atoms with E-state index in [0.717, 1.165) is 74.2 Å². The molecule has 2 N–H and O–H groups in total. The van der Waals surface area contributed by atoms with Crippen molar-refractivity contribution >= 4 is 34.6 Å². The number of methoxy groups -OCH3 is 1. The third-order valence-electron chi connectivity index (χ3n) is 11.1. The lowest BCUT2D eigenvalue weighted by Gasteiger charge is -2.46. The first-order valence-corrected chi connectivity index (χ1v) is 19.2. The highest BCUT2D eigenvalue weighted by molar-refractivity contribution is 6.02. The smallest absolute Gasteiger partial charge is 0.247 e. The molecule has 1 amide bonds. The number of benzene rings is 3. The molecule has 8 rings (SSSR count). The predicted molar refractivity (Wildman–Crippen MR) is 212 cm³/mol. The van der Waals surface area contributed by atoms with Crippen LogP contribution in [-0.2, 0) is 9.63 Å². The van der Waals surface area contributed by atoms with Gasteiger partial charge in [-0.2, -0.15) is 0 Å². The monoisotopic (exact) mass is 730 g/mol. The second-order valence-corrected chi connectivity index (χ2v) is 14.6. The number of carbonyl (C=O) groups is 1. The van der Waals surface area contributed by atoms with Crippen molar-refractivity contribution in [1.82, 2.24) is 19.8 Å². The Morgan fingerprint density at radius 1 is 0.889 bits per heavy atom. The third kappa shape index (κ3) is 8.01. The second-order valence-electron chi connectivity index (χ2n) is 14.6. The van der Waals surface area contributed by atoms with Crippen molar-refractivity contribution in [3.05, 3.63) is 97.3 Å². The molecule has 3 aromatic carbocycles. The number of aromatic nitrogens is 2. The van der Waals surface area contributed by atoms with Crippen molar-refractivity contribution in [3.8, 4) is 17.2 Å². The summed E-state index contributed by atoms with van der Waals surface area (Å²) in [6, 6.07) is 25.5. The lowest BCUT2D eigenvalue weighted by atomic mass is 9.99. The predicted octanol–water partition coefficient (Wildman–Crippen LogP) is 7.17. The zero-order valence-electron chi connectivity index (χ0n) is 31.2. The van der Waals surface area contributed by atoms with E-state index in [0.29, 0.717) is 47.5 Å². The van der Waals surface area contributed by atoms with Crippen molar-refractivity contribution in [1.29, 1.82) is 0 Å². The van der Waals surface area contributed by atoms with Crippen LogP contribution in [0.2, 0.25) is 0 Å². The zero-order valence-corrected chi connectivity index (χ0v) is 31.2. The maximum atomic E-state index is 12.7. The molecule has 1 aromatic heterocycles. The van der Waals surface area contributed by atoms with Gasteiger partial charge in [0.1, 0.15) is 29.4 Å². The van der Waals surface area contributed by atoms with Crippen LogP contribution in [0.15, 0.2) is 91.8 Å². The summed E-state index contributed by atoms with van der Waals surface area (Å²) in [5.74, 6) is 3.07. The molecule has 12 nitrogen and oxygen atoms in total. The van der Waals surface area contributed by atoms with Crippen LogP contribution in [-0.4, -0.2) is 90.2 Å². The maximum absolute atomic E-state index is 12.7. The van der Waals surface area contributed by atoms with Crippen LogP contribution in [0.3, 0.4) is 0 Å². The summed E-state index contributed by atoms with van der Waals surface area (Å²) in [5, 5.41) is 8.32. The first-order valence-electron chi connectivity index (χ1n) is 19.2. The molecule has 1 saturated carbocycles. The molecule has 0 spiro atoms. The number of piperidine rings is 1. The highest BCUT2D eigenvalue weighted by atomic mass is 16.7. The number of hydrogen-bond acceptors (Lipinski definition) is 11. The molecule has 282 valence electrons. The van der Waals surface area contributed by atoms with Crippen molar-refractivity contribution in [2.24, 2.45) is 0 Å². The lowest BCUT2D eigenvalue weighted by Crippen LogP contribution is -2.57. The number of ether oxygens (including phenoxy) is 2. The molecule has 3 aliphatic heterocycles. The number of nitrogens with zero attached hydrogens (tertiary/aromatic N) is 6. The Balaban J connectivity index is 0.980. The molecular formula is C42H50N8O4. The summed E-state index contributed by atoms with van der Waals surface area (Å²) < 4.78 is 12.0. The van der Waals surface area contributed by atoms with Gasteiger partial charge in [0.2, 0.25) is 5.91 Å². The summed E-state index contributed by atoms with van der Waals surface area (Å²) in [5.41, 5.74) is 3.33. The van der Waals surface area contributed by atoms with Gasteiger partial charge >= 0.3 is 0 Å². The van der Waals surface area contributed by atoms with Crippen LogP contribution in [0, 0.1) is 0 Å². The van der Waals surface area contributed by atoms with Gasteiger partial charge in [0.15, 0.2) is 5.82 Å². The first-order chi connectivity index (χ1) is 26.4. The third-order valence-corrected chi connectivity index (χ3v) is 11.1. The van der Waals surface area contributed by atoms with Gasteiger partial charge in [0, 0.05) is 69.4 Å². The number of hydrogen-bond donors (Lipinski definition) is 2. The Bertz CT molecular complexity index is 1930. The number of piperazine rings is 1. The summed E-state index contributed by atoms with van der Waals surface area (Å²) in [7, 11) is 1.66. The molecular weight excluding hydrogens is 681 g/mol. The summed E-state index contributed by atoms with van der Waals surface area (Å²) in [4.78, 5) is 35.7. The quantitative estimate of drug-likeness (QED) is 0.145. The number of rotatable bonds is 12. The van der Waals surface area contributed by atoms with Crippen molar-refractivity contribution in [3.63, 3.8) is 0 Å². The van der Waals surface area contributed by atoms with Gasteiger partial charge in [-0.1, -0.05) is 36.9 Å². The highest BCUT2D eigenvalue weighted by Gasteiger charge is 2.38. The van der Waals surface area contributed by atoms with Gasteiger partial charge in [-0.25, -0.2) is 15.0 Å². The average Bonchev–Trinajstić information content (AvgIpc) is 3.93. The maximum Gasteiger partial charge on any atom is 0.247 e. The van der Waals surface area contributed by atoms with Gasteiger partial charge in [-0.15, -0.1) is 0 Å². The lowest BCUT2D eigenvalue weighted by molar-refractivity contribution is -0.111. The van der Waals surface area contributed by atoms with Crippen LogP contribution in [0.1, 0.15) is 50.6 Å². The van der Waals surface area contributed by atoms with E-state index in [1.54, 1.807) is 7.11 Å².